The standard InChI is InChI=1S/C12H15ClN2O3S/c13-11-7-8(14)1-2-10(11)12(16)15-9-3-5-19(17,18)6-4-9/h1-2,7,9H,3-6,14H2,(H,15,16). The molecule has 1 aliphatic heterocycles. The summed E-state index contributed by atoms with van der Waals surface area (Å²) in [4.78, 5) is 12.0. The van der Waals surface area contributed by atoms with Crippen LogP contribution in [0.5, 0.6) is 0 Å². The molecule has 1 saturated heterocycles. The average molecular weight is 303 g/mol. The van der Waals surface area contributed by atoms with Gasteiger partial charge in [-0.05, 0) is 31.0 Å². The summed E-state index contributed by atoms with van der Waals surface area (Å²) < 4.78 is 22.6. The third-order valence-electron chi connectivity index (χ3n) is 3.13. The van der Waals surface area contributed by atoms with Crippen LogP contribution in [-0.4, -0.2) is 31.9 Å². The molecule has 5 nitrogen and oxygen atoms in total. The number of sulfone groups is 1. The Bertz CT molecular complexity index is 587. The first kappa shape index (κ1) is 14.1. The van der Waals surface area contributed by atoms with Crippen LogP contribution in [0.15, 0.2) is 18.2 Å². The largest absolute Gasteiger partial charge is 0.399 e. The van der Waals surface area contributed by atoms with E-state index in [-0.39, 0.29) is 23.5 Å². The lowest BCUT2D eigenvalue weighted by molar-refractivity contribution is 0.0934. The first-order chi connectivity index (χ1) is 8.87. The van der Waals surface area contributed by atoms with Crippen LogP contribution in [0.25, 0.3) is 0 Å². The molecule has 0 unspecified atom stereocenters. The van der Waals surface area contributed by atoms with Gasteiger partial charge in [0.2, 0.25) is 0 Å². The maximum Gasteiger partial charge on any atom is 0.253 e. The second-order valence-electron chi connectivity index (χ2n) is 4.64. The van der Waals surface area contributed by atoms with Crippen molar-refractivity contribution in [2.24, 2.45) is 0 Å². The second-order valence-corrected chi connectivity index (χ2v) is 7.35. The van der Waals surface area contributed by atoms with Crippen LogP contribution >= 0.6 is 11.6 Å². The molecule has 0 aromatic heterocycles. The Kier molecular flexibility index (Phi) is 4.01. The van der Waals surface area contributed by atoms with Crippen LogP contribution in [0.1, 0.15) is 23.2 Å². The number of amides is 1. The van der Waals surface area contributed by atoms with E-state index < -0.39 is 9.84 Å². The van der Waals surface area contributed by atoms with Crippen molar-refractivity contribution in [2.45, 2.75) is 18.9 Å². The lowest BCUT2D eigenvalue weighted by Crippen LogP contribution is -2.40. The average Bonchev–Trinajstić information content (AvgIpc) is 2.31. The first-order valence-corrected chi connectivity index (χ1v) is 8.14. The summed E-state index contributed by atoms with van der Waals surface area (Å²) >= 11 is 5.95. The highest BCUT2D eigenvalue weighted by molar-refractivity contribution is 7.91. The molecule has 3 N–H and O–H groups in total. The monoisotopic (exact) mass is 302 g/mol. The topological polar surface area (TPSA) is 89.3 Å². The number of hydrogen-bond acceptors (Lipinski definition) is 4. The van der Waals surface area contributed by atoms with Gasteiger partial charge >= 0.3 is 0 Å². The van der Waals surface area contributed by atoms with E-state index in [1.807, 2.05) is 0 Å². The fraction of sp³-hybridized carbons (Fsp3) is 0.417. The van der Waals surface area contributed by atoms with Gasteiger partial charge in [0.25, 0.3) is 5.91 Å². The highest BCUT2D eigenvalue weighted by atomic mass is 35.5. The maximum absolute atomic E-state index is 12.0. The highest BCUT2D eigenvalue weighted by Crippen LogP contribution is 2.20. The molecule has 0 aliphatic carbocycles. The SMILES string of the molecule is Nc1ccc(C(=O)NC2CCS(=O)(=O)CC2)c(Cl)c1. The van der Waals surface area contributed by atoms with Gasteiger partial charge in [-0.1, -0.05) is 11.6 Å². The minimum atomic E-state index is -2.92. The molecule has 1 aliphatic rings. The zero-order valence-electron chi connectivity index (χ0n) is 10.2. The molecule has 1 heterocycles. The van der Waals surface area contributed by atoms with Crippen molar-refractivity contribution >= 4 is 33.0 Å². The Labute approximate surface area is 117 Å². The van der Waals surface area contributed by atoms with Gasteiger partial charge in [0.1, 0.15) is 9.84 Å². The fourth-order valence-electron chi connectivity index (χ4n) is 2.01. The molecule has 19 heavy (non-hydrogen) atoms. The van der Waals surface area contributed by atoms with E-state index in [9.17, 15) is 13.2 Å². The number of halogens is 1. The minimum Gasteiger partial charge on any atom is -0.399 e. The van der Waals surface area contributed by atoms with Gasteiger partial charge in [0.05, 0.1) is 22.1 Å². The molecule has 0 saturated carbocycles. The van der Waals surface area contributed by atoms with Gasteiger partial charge in [-0.2, -0.15) is 0 Å². The molecule has 0 radical (unpaired) electrons. The second kappa shape index (κ2) is 5.38. The minimum absolute atomic E-state index is 0.118. The Balaban J connectivity index is 2.02. The summed E-state index contributed by atoms with van der Waals surface area (Å²) in [7, 11) is -2.92. The van der Waals surface area contributed by atoms with E-state index >= 15 is 0 Å². The number of anilines is 1. The molecule has 7 heteroatoms. The van der Waals surface area contributed by atoms with Crippen molar-refractivity contribution < 1.29 is 13.2 Å². The Morgan fingerprint density at radius 3 is 2.53 bits per heavy atom. The van der Waals surface area contributed by atoms with Crippen LogP contribution in [0.3, 0.4) is 0 Å². The van der Waals surface area contributed by atoms with Crippen LogP contribution in [0.2, 0.25) is 5.02 Å². The quantitative estimate of drug-likeness (QED) is 0.804. The molecule has 104 valence electrons. The van der Waals surface area contributed by atoms with Gasteiger partial charge < -0.3 is 11.1 Å². The zero-order valence-corrected chi connectivity index (χ0v) is 11.8. The Morgan fingerprint density at radius 2 is 1.95 bits per heavy atom. The number of nitrogen functional groups attached to an aromatic ring is 1. The highest BCUT2D eigenvalue weighted by Gasteiger charge is 2.25. The van der Waals surface area contributed by atoms with Gasteiger partial charge in [-0.25, -0.2) is 8.42 Å². The summed E-state index contributed by atoms with van der Waals surface area (Å²) in [5, 5.41) is 3.10. The molecule has 1 fully saturated rings. The van der Waals surface area contributed by atoms with E-state index in [2.05, 4.69) is 5.32 Å². The molecule has 0 bridgehead atoms. The molecule has 0 spiro atoms. The number of carbonyl (C=O) groups is 1. The molecule has 0 atom stereocenters. The third-order valence-corrected chi connectivity index (χ3v) is 5.16. The van der Waals surface area contributed by atoms with Crippen molar-refractivity contribution in [3.8, 4) is 0 Å². The lowest BCUT2D eigenvalue weighted by Gasteiger charge is -2.23. The molecular weight excluding hydrogens is 288 g/mol. The summed E-state index contributed by atoms with van der Waals surface area (Å²) in [6.45, 7) is 0. The number of nitrogens with one attached hydrogen (secondary N) is 1. The van der Waals surface area contributed by atoms with Crippen molar-refractivity contribution in [3.63, 3.8) is 0 Å². The molecule has 1 aromatic carbocycles. The van der Waals surface area contributed by atoms with Crippen molar-refractivity contribution in [1.29, 1.82) is 0 Å². The fourth-order valence-corrected chi connectivity index (χ4v) is 3.78. The van der Waals surface area contributed by atoms with Crippen molar-refractivity contribution in [1.82, 2.24) is 5.32 Å². The van der Waals surface area contributed by atoms with E-state index in [4.69, 9.17) is 17.3 Å². The van der Waals surface area contributed by atoms with Crippen LogP contribution in [-0.2, 0) is 9.84 Å². The Hall–Kier alpha value is -1.27. The summed E-state index contributed by atoms with van der Waals surface area (Å²) in [5.74, 6) is -0.0600. The number of benzene rings is 1. The maximum atomic E-state index is 12.0. The predicted molar refractivity (Wildman–Crippen MR) is 75.0 cm³/mol. The third kappa shape index (κ3) is 3.61. The smallest absolute Gasteiger partial charge is 0.253 e. The van der Waals surface area contributed by atoms with Crippen molar-refractivity contribution in [2.75, 3.05) is 17.2 Å². The number of hydrogen-bond donors (Lipinski definition) is 2. The van der Waals surface area contributed by atoms with Crippen LogP contribution < -0.4 is 11.1 Å². The number of carbonyl (C=O) groups excluding carboxylic acids is 1. The molecule has 1 amide bonds. The number of nitrogens with two attached hydrogens (primary N) is 1. The van der Waals surface area contributed by atoms with Gasteiger partial charge in [0.15, 0.2) is 0 Å². The summed E-state index contributed by atoms with van der Waals surface area (Å²) in [5.41, 5.74) is 6.40. The normalized spacial score (nSPS) is 19.0. The first-order valence-electron chi connectivity index (χ1n) is 5.94. The summed E-state index contributed by atoms with van der Waals surface area (Å²) in [6.07, 6.45) is 0.890. The van der Waals surface area contributed by atoms with Crippen LogP contribution in [0, 0.1) is 0 Å². The number of rotatable bonds is 2. The van der Waals surface area contributed by atoms with E-state index in [0.29, 0.717) is 29.1 Å². The van der Waals surface area contributed by atoms with Gasteiger partial charge in [-0.15, -0.1) is 0 Å². The Morgan fingerprint density at radius 1 is 1.32 bits per heavy atom. The zero-order chi connectivity index (χ0) is 14.0. The molecule has 2 rings (SSSR count). The predicted octanol–water partition coefficient (Wildman–Crippen LogP) is 1.23. The van der Waals surface area contributed by atoms with Gasteiger partial charge in [0, 0.05) is 11.7 Å². The molecular formula is C12H15ClN2O3S. The van der Waals surface area contributed by atoms with Crippen molar-refractivity contribution in [3.05, 3.63) is 28.8 Å². The van der Waals surface area contributed by atoms with E-state index in [1.54, 1.807) is 12.1 Å². The van der Waals surface area contributed by atoms with E-state index in [0.717, 1.165) is 0 Å². The van der Waals surface area contributed by atoms with E-state index in [1.165, 1.54) is 6.07 Å². The lowest BCUT2D eigenvalue weighted by atomic mass is 10.1. The van der Waals surface area contributed by atoms with Gasteiger partial charge in [-0.3, -0.25) is 4.79 Å². The summed E-state index contributed by atoms with van der Waals surface area (Å²) in [6, 6.07) is 4.56. The molecule has 1 aromatic rings. The van der Waals surface area contributed by atoms with Crippen LogP contribution in [0.4, 0.5) is 5.69 Å².